The second kappa shape index (κ2) is 5.84. The molecule has 1 unspecified atom stereocenters. The van der Waals surface area contributed by atoms with Crippen molar-refractivity contribution in [1.29, 1.82) is 0 Å². The van der Waals surface area contributed by atoms with E-state index < -0.39 is 18.1 Å². The van der Waals surface area contributed by atoms with Crippen molar-refractivity contribution >= 4 is 11.9 Å². The van der Waals surface area contributed by atoms with Crippen molar-refractivity contribution in [1.82, 2.24) is 5.32 Å². The number of nitrogens with one attached hydrogen (secondary N) is 1. The van der Waals surface area contributed by atoms with E-state index in [2.05, 4.69) is 10.1 Å². The van der Waals surface area contributed by atoms with Crippen LogP contribution in [0.15, 0.2) is 0 Å². The van der Waals surface area contributed by atoms with Gasteiger partial charge in [0.1, 0.15) is 12.1 Å². The van der Waals surface area contributed by atoms with Crippen LogP contribution in [0.3, 0.4) is 0 Å². The second-order valence-electron chi connectivity index (χ2n) is 4.26. The normalized spacial score (nSPS) is 21.9. The predicted molar refractivity (Wildman–Crippen MR) is 57.8 cm³/mol. The molecule has 1 amide bonds. The van der Waals surface area contributed by atoms with Crippen LogP contribution in [-0.2, 0) is 19.1 Å². The molecule has 1 heterocycles. The lowest BCUT2D eigenvalue weighted by atomic mass is 10.0. The van der Waals surface area contributed by atoms with Crippen LogP contribution in [-0.4, -0.2) is 37.7 Å². The highest BCUT2D eigenvalue weighted by atomic mass is 16.5. The molecule has 92 valence electrons. The van der Waals surface area contributed by atoms with E-state index in [1.165, 1.54) is 7.11 Å². The summed E-state index contributed by atoms with van der Waals surface area (Å²) in [5.74, 6) is -0.638. The molecule has 1 aliphatic rings. The number of hydrogen-bond donors (Lipinski definition) is 1. The maximum atomic E-state index is 11.7. The van der Waals surface area contributed by atoms with Crippen molar-refractivity contribution in [2.75, 3.05) is 13.7 Å². The average Bonchev–Trinajstić information content (AvgIpc) is 2.77. The first-order chi connectivity index (χ1) is 7.56. The summed E-state index contributed by atoms with van der Waals surface area (Å²) in [6.45, 7) is 4.33. The fourth-order valence-electron chi connectivity index (χ4n) is 1.66. The molecule has 0 saturated carbocycles. The lowest BCUT2D eigenvalue weighted by Gasteiger charge is -2.21. The van der Waals surface area contributed by atoms with Crippen LogP contribution < -0.4 is 5.32 Å². The smallest absolute Gasteiger partial charge is 0.328 e. The Morgan fingerprint density at radius 3 is 2.56 bits per heavy atom. The van der Waals surface area contributed by atoms with E-state index in [4.69, 9.17) is 4.74 Å². The summed E-state index contributed by atoms with van der Waals surface area (Å²) in [5.41, 5.74) is 0. The Morgan fingerprint density at radius 2 is 2.12 bits per heavy atom. The molecule has 0 aromatic rings. The number of carbonyl (C=O) groups excluding carboxylic acids is 2. The van der Waals surface area contributed by atoms with Gasteiger partial charge in [-0.1, -0.05) is 13.8 Å². The number of esters is 1. The molecular weight excluding hydrogens is 210 g/mol. The molecule has 1 saturated heterocycles. The van der Waals surface area contributed by atoms with Gasteiger partial charge in [-0.05, 0) is 18.8 Å². The maximum Gasteiger partial charge on any atom is 0.328 e. The van der Waals surface area contributed by atoms with Gasteiger partial charge in [0.2, 0.25) is 5.91 Å². The van der Waals surface area contributed by atoms with Crippen molar-refractivity contribution in [3.05, 3.63) is 0 Å². The minimum atomic E-state index is -0.596. The highest BCUT2D eigenvalue weighted by molar-refractivity contribution is 5.87. The van der Waals surface area contributed by atoms with Crippen molar-refractivity contribution in [2.45, 2.75) is 38.8 Å². The quantitative estimate of drug-likeness (QED) is 0.712. The van der Waals surface area contributed by atoms with E-state index in [1.807, 2.05) is 13.8 Å². The van der Waals surface area contributed by atoms with Crippen LogP contribution in [0.4, 0.5) is 0 Å². The van der Waals surface area contributed by atoms with E-state index in [-0.39, 0.29) is 11.8 Å². The zero-order chi connectivity index (χ0) is 12.1. The molecule has 0 radical (unpaired) electrons. The fraction of sp³-hybridized carbons (Fsp3) is 0.818. The summed E-state index contributed by atoms with van der Waals surface area (Å²) in [7, 11) is 1.32. The van der Waals surface area contributed by atoms with Crippen LogP contribution in [0.25, 0.3) is 0 Å². The van der Waals surface area contributed by atoms with Gasteiger partial charge in [0.05, 0.1) is 7.11 Å². The summed E-state index contributed by atoms with van der Waals surface area (Å²) >= 11 is 0. The molecule has 1 N–H and O–H groups in total. The number of ether oxygens (including phenoxy) is 2. The van der Waals surface area contributed by atoms with Gasteiger partial charge in [0.15, 0.2) is 0 Å². The first-order valence-electron chi connectivity index (χ1n) is 5.56. The minimum absolute atomic E-state index is 0.00203. The van der Waals surface area contributed by atoms with Crippen molar-refractivity contribution in [3.63, 3.8) is 0 Å². The first-order valence-corrected chi connectivity index (χ1v) is 5.56. The lowest BCUT2D eigenvalue weighted by molar-refractivity contribution is -0.147. The molecule has 0 aromatic heterocycles. The number of rotatable bonds is 4. The highest BCUT2D eigenvalue weighted by Gasteiger charge is 2.30. The van der Waals surface area contributed by atoms with E-state index in [0.29, 0.717) is 6.61 Å². The lowest BCUT2D eigenvalue weighted by Crippen LogP contribution is -2.48. The largest absolute Gasteiger partial charge is 0.467 e. The van der Waals surface area contributed by atoms with Gasteiger partial charge in [0, 0.05) is 6.61 Å². The molecule has 1 fully saturated rings. The monoisotopic (exact) mass is 229 g/mol. The number of carbonyl (C=O) groups is 2. The Kier molecular flexibility index (Phi) is 4.73. The molecule has 5 nitrogen and oxygen atoms in total. The molecule has 0 aliphatic carbocycles. The topological polar surface area (TPSA) is 64.6 Å². The van der Waals surface area contributed by atoms with Crippen LogP contribution in [0.1, 0.15) is 26.7 Å². The molecule has 0 aromatic carbocycles. The molecule has 16 heavy (non-hydrogen) atoms. The van der Waals surface area contributed by atoms with Crippen LogP contribution in [0.2, 0.25) is 0 Å². The Hall–Kier alpha value is -1.10. The van der Waals surface area contributed by atoms with Gasteiger partial charge < -0.3 is 14.8 Å². The molecule has 0 bridgehead atoms. The molecular formula is C11H19NO4. The van der Waals surface area contributed by atoms with Gasteiger partial charge in [-0.25, -0.2) is 4.79 Å². The van der Waals surface area contributed by atoms with Gasteiger partial charge in [0.25, 0.3) is 0 Å². The molecule has 1 aliphatic heterocycles. The van der Waals surface area contributed by atoms with E-state index in [9.17, 15) is 9.59 Å². The third-order valence-corrected chi connectivity index (χ3v) is 2.64. The number of hydrogen-bond acceptors (Lipinski definition) is 4. The summed E-state index contributed by atoms with van der Waals surface area (Å²) in [6.07, 6.45) is 1.20. The Labute approximate surface area is 95.5 Å². The SMILES string of the molecule is COC(=O)[C@@H](NC(=O)C1CCCO1)C(C)C. The molecule has 0 spiro atoms. The van der Waals surface area contributed by atoms with Crippen molar-refractivity contribution in [3.8, 4) is 0 Å². The maximum absolute atomic E-state index is 11.7. The Balaban J connectivity index is 2.53. The molecule has 2 atom stereocenters. The molecule has 1 rings (SSSR count). The highest BCUT2D eigenvalue weighted by Crippen LogP contribution is 2.13. The van der Waals surface area contributed by atoms with E-state index in [1.54, 1.807) is 0 Å². The Bertz CT molecular complexity index is 259. The van der Waals surface area contributed by atoms with Gasteiger partial charge >= 0.3 is 5.97 Å². The number of methoxy groups -OCH3 is 1. The van der Waals surface area contributed by atoms with Gasteiger partial charge in [-0.3, -0.25) is 4.79 Å². The molecule has 5 heteroatoms. The zero-order valence-corrected chi connectivity index (χ0v) is 9.99. The summed E-state index contributed by atoms with van der Waals surface area (Å²) < 4.78 is 9.89. The summed E-state index contributed by atoms with van der Waals surface area (Å²) in [4.78, 5) is 23.2. The third kappa shape index (κ3) is 3.20. The van der Waals surface area contributed by atoms with E-state index in [0.717, 1.165) is 12.8 Å². The van der Waals surface area contributed by atoms with Gasteiger partial charge in [-0.15, -0.1) is 0 Å². The fourth-order valence-corrected chi connectivity index (χ4v) is 1.66. The minimum Gasteiger partial charge on any atom is -0.467 e. The van der Waals surface area contributed by atoms with Crippen LogP contribution in [0, 0.1) is 5.92 Å². The van der Waals surface area contributed by atoms with Gasteiger partial charge in [-0.2, -0.15) is 0 Å². The second-order valence-corrected chi connectivity index (χ2v) is 4.26. The van der Waals surface area contributed by atoms with Crippen molar-refractivity contribution in [2.24, 2.45) is 5.92 Å². The van der Waals surface area contributed by atoms with Crippen LogP contribution >= 0.6 is 0 Å². The zero-order valence-electron chi connectivity index (χ0n) is 9.99. The third-order valence-electron chi connectivity index (χ3n) is 2.64. The summed E-state index contributed by atoms with van der Waals surface area (Å²) in [5, 5.41) is 2.67. The van der Waals surface area contributed by atoms with Crippen LogP contribution in [0.5, 0.6) is 0 Å². The summed E-state index contributed by atoms with van der Waals surface area (Å²) in [6, 6.07) is -0.596. The standard InChI is InChI=1S/C11H19NO4/c1-7(2)9(11(14)15-3)12-10(13)8-5-4-6-16-8/h7-9H,4-6H2,1-3H3,(H,12,13)/t8?,9-/m0/s1. The van der Waals surface area contributed by atoms with Crippen molar-refractivity contribution < 1.29 is 19.1 Å². The average molecular weight is 229 g/mol. The Morgan fingerprint density at radius 1 is 1.44 bits per heavy atom. The number of amides is 1. The predicted octanol–water partition coefficient (Wildman–Crippen LogP) is 0.479. The van der Waals surface area contributed by atoms with E-state index >= 15 is 0 Å². The first kappa shape index (κ1) is 13.0.